The zero-order valence-corrected chi connectivity index (χ0v) is 15.1. The molecule has 0 atom stereocenters. The summed E-state index contributed by atoms with van der Waals surface area (Å²) in [6, 6.07) is 11.1. The van der Waals surface area contributed by atoms with Crippen molar-refractivity contribution >= 4 is 27.2 Å². The van der Waals surface area contributed by atoms with Gasteiger partial charge in [-0.2, -0.15) is 0 Å². The summed E-state index contributed by atoms with van der Waals surface area (Å²) in [6.45, 7) is 3.03. The molecule has 0 saturated heterocycles. The number of alkyl halides is 2. The lowest BCUT2D eigenvalue weighted by atomic mass is 9.94. The van der Waals surface area contributed by atoms with E-state index in [4.69, 9.17) is 0 Å². The van der Waals surface area contributed by atoms with Crippen LogP contribution in [-0.2, 0) is 0 Å². The Labute approximate surface area is 157 Å². The van der Waals surface area contributed by atoms with Gasteiger partial charge in [-0.3, -0.25) is 0 Å². The summed E-state index contributed by atoms with van der Waals surface area (Å²) in [4.78, 5) is 1.16. The molecule has 1 aliphatic rings. The molecule has 1 nitrogen and oxygen atoms in total. The number of rotatable bonds is 4. The van der Waals surface area contributed by atoms with E-state index in [-0.39, 0.29) is 21.4 Å². The van der Waals surface area contributed by atoms with Gasteiger partial charge in [0.05, 0.1) is 17.8 Å². The minimum Gasteiger partial charge on any atom is -0.335 e. The normalized spacial score (nSPS) is 14.5. The molecule has 0 amide bonds. The van der Waals surface area contributed by atoms with Gasteiger partial charge in [0, 0.05) is 15.7 Å². The fraction of sp³-hybridized carbons (Fsp3) is 0.100. The van der Waals surface area contributed by atoms with Crippen LogP contribution >= 0.6 is 15.9 Å². The van der Waals surface area contributed by atoms with Crippen LogP contribution in [0, 0.1) is 11.6 Å². The van der Waals surface area contributed by atoms with Crippen molar-refractivity contribution in [1.29, 1.82) is 0 Å². The van der Waals surface area contributed by atoms with Gasteiger partial charge in [-0.15, -0.1) is 0 Å². The Morgan fingerprint density at radius 3 is 2.19 bits per heavy atom. The monoisotopic (exact) mass is 423 g/mol. The molecule has 0 unspecified atom stereocenters. The van der Waals surface area contributed by atoms with Crippen molar-refractivity contribution in [3.8, 4) is 0 Å². The van der Waals surface area contributed by atoms with E-state index in [1.165, 1.54) is 0 Å². The number of benzene rings is 2. The topological polar surface area (TPSA) is 3.24 Å². The van der Waals surface area contributed by atoms with E-state index in [1.54, 1.807) is 42.5 Å². The highest BCUT2D eigenvalue weighted by atomic mass is 79.9. The summed E-state index contributed by atoms with van der Waals surface area (Å²) in [7, 11) is 0. The Morgan fingerprint density at radius 2 is 1.62 bits per heavy atom. The van der Waals surface area contributed by atoms with Crippen molar-refractivity contribution in [3.05, 3.63) is 94.1 Å². The smallest absolute Gasteiger partial charge is 0.256 e. The van der Waals surface area contributed by atoms with E-state index in [9.17, 15) is 17.6 Å². The van der Waals surface area contributed by atoms with Crippen LogP contribution in [0.5, 0.6) is 0 Å². The van der Waals surface area contributed by atoms with Crippen LogP contribution in [-0.4, -0.2) is 17.9 Å². The Hall–Kier alpha value is -2.34. The molecule has 1 heterocycles. The Kier molecular flexibility index (Phi) is 5.32. The van der Waals surface area contributed by atoms with E-state index in [2.05, 4.69) is 22.5 Å². The first-order chi connectivity index (χ1) is 12.4. The van der Waals surface area contributed by atoms with Gasteiger partial charge in [0.25, 0.3) is 6.43 Å². The van der Waals surface area contributed by atoms with Gasteiger partial charge in [-0.05, 0) is 23.8 Å². The van der Waals surface area contributed by atoms with Crippen molar-refractivity contribution in [2.75, 3.05) is 6.54 Å². The summed E-state index contributed by atoms with van der Waals surface area (Å²) in [6.07, 6.45) is 0.491. The van der Waals surface area contributed by atoms with Gasteiger partial charge >= 0.3 is 0 Å². The minimum absolute atomic E-state index is 0.0338. The Balaban J connectivity index is 2.31. The highest BCUT2D eigenvalue weighted by Crippen LogP contribution is 2.39. The second-order valence-corrected chi connectivity index (χ2v) is 6.61. The van der Waals surface area contributed by atoms with Crippen molar-refractivity contribution in [1.82, 2.24) is 4.90 Å². The predicted octanol–water partition coefficient (Wildman–Crippen LogP) is 6.25. The zero-order valence-electron chi connectivity index (χ0n) is 13.5. The summed E-state index contributed by atoms with van der Waals surface area (Å²) >= 11 is 3.04. The molecule has 0 N–H and O–H groups in total. The van der Waals surface area contributed by atoms with Gasteiger partial charge < -0.3 is 4.90 Å². The van der Waals surface area contributed by atoms with Crippen molar-refractivity contribution in [2.24, 2.45) is 0 Å². The lowest BCUT2D eigenvalue weighted by Crippen LogP contribution is -2.29. The number of hydrogen-bond acceptors (Lipinski definition) is 1. The van der Waals surface area contributed by atoms with Gasteiger partial charge in [0.15, 0.2) is 0 Å². The highest BCUT2D eigenvalue weighted by Gasteiger charge is 2.28. The first-order valence-electron chi connectivity index (χ1n) is 7.75. The average Bonchev–Trinajstić information content (AvgIpc) is 2.57. The Bertz CT molecular complexity index is 880. The van der Waals surface area contributed by atoms with Crippen LogP contribution in [0.3, 0.4) is 0 Å². The number of nitrogens with zero attached hydrogens (tertiary/aromatic N) is 1. The third-order valence-electron chi connectivity index (χ3n) is 3.96. The van der Waals surface area contributed by atoms with Gasteiger partial charge in [0.1, 0.15) is 11.6 Å². The predicted molar refractivity (Wildman–Crippen MR) is 98.3 cm³/mol. The molecule has 0 aliphatic carbocycles. The first-order valence-corrected chi connectivity index (χ1v) is 8.55. The molecule has 0 radical (unpaired) electrons. The van der Waals surface area contributed by atoms with Crippen molar-refractivity contribution in [3.63, 3.8) is 0 Å². The number of hydrogen-bond donors (Lipinski definition) is 0. The average molecular weight is 424 g/mol. The maximum Gasteiger partial charge on any atom is 0.256 e. The molecular formula is C20H14BrF4N. The lowest BCUT2D eigenvalue weighted by molar-refractivity contribution is 0.123. The van der Waals surface area contributed by atoms with Crippen LogP contribution in [0.15, 0.2) is 71.4 Å². The number of allylic oxidation sites excluding steroid dienone is 3. The molecule has 0 bridgehead atoms. The summed E-state index contributed by atoms with van der Waals surface area (Å²) in [5, 5.41) is 0. The van der Waals surface area contributed by atoms with Crippen LogP contribution in [0.1, 0.15) is 11.1 Å². The van der Waals surface area contributed by atoms with Crippen LogP contribution < -0.4 is 0 Å². The van der Waals surface area contributed by atoms with E-state index < -0.39 is 24.6 Å². The van der Waals surface area contributed by atoms with Crippen molar-refractivity contribution < 1.29 is 17.6 Å². The zero-order chi connectivity index (χ0) is 18.8. The van der Waals surface area contributed by atoms with Gasteiger partial charge in [-0.25, -0.2) is 17.6 Å². The molecule has 6 heteroatoms. The highest BCUT2D eigenvalue weighted by molar-refractivity contribution is 9.10. The molecule has 0 spiro atoms. The SMILES string of the molecule is C=C1C=CC(c2ccccc2)=C(c2c(F)cc(Br)cc2F)N1CC(F)F. The minimum atomic E-state index is -2.70. The molecule has 134 valence electrons. The van der Waals surface area contributed by atoms with E-state index >= 15 is 0 Å². The maximum absolute atomic E-state index is 14.7. The second kappa shape index (κ2) is 7.50. The molecule has 2 aromatic carbocycles. The fourth-order valence-corrected chi connectivity index (χ4v) is 3.27. The van der Waals surface area contributed by atoms with Gasteiger partial charge in [-0.1, -0.05) is 58.9 Å². The van der Waals surface area contributed by atoms with Crippen molar-refractivity contribution in [2.45, 2.75) is 6.43 Å². The van der Waals surface area contributed by atoms with Crippen LogP contribution in [0.4, 0.5) is 17.6 Å². The Morgan fingerprint density at radius 1 is 1.00 bits per heavy atom. The fourth-order valence-electron chi connectivity index (χ4n) is 2.87. The molecular weight excluding hydrogens is 410 g/mol. The quantitative estimate of drug-likeness (QED) is 0.525. The van der Waals surface area contributed by atoms with Crippen LogP contribution in [0.25, 0.3) is 11.3 Å². The summed E-state index contributed by atoms with van der Waals surface area (Å²) in [5.74, 6) is -1.69. The second-order valence-electron chi connectivity index (χ2n) is 5.70. The van der Waals surface area contributed by atoms with Crippen LogP contribution in [0.2, 0.25) is 0 Å². The van der Waals surface area contributed by atoms with E-state index in [1.807, 2.05) is 0 Å². The first kappa shape index (κ1) is 18.5. The standard InChI is InChI=1S/C20H14BrF4N/c1-12-7-8-15(13-5-3-2-4-6-13)20(26(12)11-18(24)25)19-16(22)9-14(21)10-17(19)23/h2-10,18H,1,11H2. The van der Waals surface area contributed by atoms with E-state index in [0.29, 0.717) is 11.1 Å². The molecule has 1 aliphatic heterocycles. The third kappa shape index (κ3) is 3.60. The molecule has 0 saturated carbocycles. The van der Waals surface area contributed by atoms with E-state index in [0.717, 1.165) is 17.0 Å². The maximum atomic E-state index is 14.7. The largest absolute Gasteiger partial charge is 0.335 e. The lowest BCUT2D eigenvalue weighted by Gasteiger charge is -2.33. The number of halogens is 5. The molecule has 2 aromatic rings. The summed E-state index contributed by atoms with van der Waals surface area (Å²) < 4.78 is 55.8. The molecule has 0 aromatic heterocycles. The molecule has 26 heavy (non-hydrogen) atoms. The molecule has 3 rings (SSSR count). The van der Waals surface area contributed by atoms with Gasteiger partial charge in [0.2, 0.25) is 0 Å². The third-order valence-corrected chi connectivity index (χ3v) is 4.42. The summed E-state index contributed by atoms with van der Waals surface area (Å²) in [5.41, 5.74) is 1.01. The molecule has 0 fully saturated rings.